The maximum absolute atomic E-state index is 13.1. The third-order valence-corrected chi connectivity index (χ3v) is 5.03. The normalized spacial score (nSPS) is 17.2. The van der Waals surface area contributed by atoms with Crippen LogP contribution in [0.4, 0.5) is 5.69 Å². The smallest absolute Gasteiger partial charge is 0.244 e. The summed E-state index contributed by atoms with van der Waals surface area (Å²) in [5.41, 5.74) is 11.5. The second-order valence-electron chi connectivity index (χ2n) is 7.26. The molecule has 0 aromatic heterocycles. The molecule has 5 heteroatoms. The predicted octanol–water partition coefficient (Wildman–Crippen LogP) is 3.53. The van der Waals surface area contributed by atoms with E-state index in [0.29, 0.717) is 18.9 Å². The topological polar surface area (TPSA) is 66.6 Å². The number of amides is 1. The second kappa shape index (κ2) is 8.11. The fourth-order valence-corrected chi connectivity index (χ4v) is 3.81. The van der Waals surface area contributed by atoms with E-state index in [4.69, 9.17) is 5.73 Å². The van der Waals surface area contributed by atoms with Gasteiger partial charge < -0.3 is 15.7 Å². The molecule has 26 heavy (non-hydrogen) atoms. The molecule has 0 bridgehead atoms. The average molecular weight is 375 g/mol. The standard InChI is InChI=1S/C21H26N2O2.ClH/c1-13-8-16-6-4-5-7-20(16)23(12-13)21(25)19(22)11-18-14(2)9-17(24)10-15(18)3;/h4-7,9-10,13,19,24H,8,11-12,22H2,1-3H3;1H/t13?,19-;/m0./s1. The maximum atomic E-state index is 13.1. The zero-order valence-corrected chi connectivity index (χ0v) is 16.3. The van der Waals surface area contributed by atoms with Gasteiger partial charge in [0.2, 0.25) is 5.91 Å². The summed E-state index contributed by atoms with van der Waals surface area (Å²) in [4.78, 5) is 14.9. The minimum absolute atomic E-state index is 0. The van der Waals surface area contributed by atoms with Crippen LogP contribution in [0.3, 0.4) is 0 Å². The quantitative estimate of drug-likeness (QED) is 0.863. The molecule has 3 rings (SSSR count). The summed E-state index contributed by atoms with van der Waals surface area (Å²) in [6.07, 6.45) is 1.47. The zero-order chi connectivity index (χ0) is 18.1. The van der Waals surface area contributed by atoms with E-state index in [1.165, 1.54) is 5.56 Å². The first-order valence-corrected chi connectivity index (χ1v) is 8.80. The van der Waals surface area contributed by atoms with Crippen LogP contribution in [-0.4, -0.2) is 23.6 Å². The Kier molecular flexibility index (Phi) is 6.32. The van der Waals surface area contributed by atoms with Crippen molar-refractivity contribution in [3.63, 3.8) is 0 Å². The highest BCUT2D eigenvalue weighted by molar-refractivity contribution is 5.98. The van der Waals surface area contributed by atoms with Gasteiger partial charge in [-0.3, -0.25) is 4.79 Å². The van der Waals surface area contributed by atoms with Crippen molar-refractivity contribution in [1.82, 2.24) is 0 Å². The van der Waals surface area contributed by atoms with E-state index in [1.807, 2.05) is 36.9 Å². The Balaban J connectivity index is 0.00000243. The lowest BCUT2D eigenvalue weighted by atomic mass is 9.92. The zero-order valence-electron chi connectivity index (χ0n) is 15.5. The van der Waals surface area contributed by atoms with Gasteiger partial charge in [0.15, 0.2) is 0 Å². The third-order valence-electron chi connectivity index (χ3n) is 5.03. The van der Waals surface area contributed by atoms with Gasteiger partial charge in [-0.2, -0.15) is 0 Å². The molecular weight excluding hydrogens is 348 g/mol. The number of aryl methyl sites for hydroxylation is 2. The number of benzene rings is 2. The molecule has 1 heterocycles. The SMILES string of the molecule is Cc1cc(O)cc(C)c1C[C@H](N)C(=O)N1CC(C)Cc2ccccc21.Cl. The molecule has 1 aliphatic heterocycles. The average Bonchev–Trinajstić information content (AvgIpc) is 2.56. The van der Waals surface area contributed by atoms with Crippen LogP contribution in [0.5, 0.6) is 5.75 Å². The number of nitrogens with zero attached hydrogens (tertiary/aromatic N) is 1. The Morgan fingerprint density at radius 3 is 2.54 bits per heavy atom. The van der Waals surface area contributed by atoms with Gasteiger partial charge in [-0.1, -0.05) is 25.1 Å². The number of aromatic hydroxyl groups is 1. The van der Waals surface area contributed by atoms with Gasteiger partial charge in [-0.15, -0.1) is 12.4 Å². The molecule has 0 radical (unpaired) electrons. The molecule has 140 valence electrons. The molecule has 0 saturated heterocycles. The monoisotopic (exact) mass is 374 g/mol. The van der Waals surface area contributed by atoms with E-state index in [0.717, 1.165) is 28.8 Å². The minimum Gasteiger partial charge on any atom is -0.508 e. The summed E-state index contributed by atoms with van der Waals surface area (Å²) >= 11 is 0. The van der Waals surface area contributed by atoms with Gasteiger partial charge in [-0.05, 0) is 73.1 Å². The number of halogens is 1. The van der Waals surface area contributed by atoms with Crippen LogP contribution in [-0.2, 0) is 17.6 Å². The number of para-hydroxylation sites is 1. The number of phenolic OH excluding ortho intramolecular Hbond substituents is 1. The highest BCUT2D eigenvalue weighted by Gasteiger charge is 2.29. The number of carbonyl (C=O) groups is 1. The van der Waals surface area contributed by atoms with Crippen molar-refractivity contribution in [2.75, 3.05) is 11.4 Å². The molecule has 3 N–H and O–H groups in total. The van der Waals surface area contributed by atoms with Crippen LogP contribution in [0.25, 0.3) is 0 Å². The van der Waals surface area contributed by atoms with Crippen molar-refractivity contribution < 1.29 is 9.90 Å². The van der Waals surface area contributed by atoms with Crippen LogP contribution in [0, 0.1) is 19.8 Å². The first-order chi connectivity index (χ1) is 11.9. The molecule has 2 aromatic rings. The molecule has 0 aliphatic carbocycles. The number of anilines is 1. The highest BCUT2D eigenvalue weighted by Crippen LogP contribution is 2.30. The minimum atomic E-state index is -0.597. The Morgan fingerprint density at radius 2 is 1.88 bits per heavy atom. The summed E-state index contributed by atoms with van der Waals surface area (Å²) < 4.78 is 0. The number of hydrogen-bond donors (Lipinski definition) is 2. The summed E-state index contributed by atoms with van der Waals surface area (Å²) in [7, 11) is 0. The summed E-state index contributed by atoms with van der Waals surface area (Å²) in [5, 5.41) is 9.70. The Morgan fingerprint density at radius 1 is 1.27 bits per heavy atom. The van der Waals surface area contributed by atoms with Gasteiger partial charge in [0.1, 0.15) is 5.75 Å². The fourth-order valence-electron chi connectivity index (χ4n) is 3.81. The number of nitrogens with two attached hydrogens (primary N) is 1. The number of carbonyl (C=O) groups excluding carboxylic acids is 1. The van der Waals surface area contributed by atoms with E-state index < -0.39 is 6.04 Å². The molecule has 1 amide bonds. The Hall–Kier alpha value is -2.04. The number of fused-ring (bicyclic) bond motifs is 1. The van der Waals surface area contributed by atoms with Gasteiger partial charge in [-0.25, -0.2) is 0 Å². The Bertz CT molecular complexity index is 783. The predicted molar refractivity (Wildman–Crippen MR) is 108 cm³/mol. The van der Waals surface area contributed by atoms with Crippen LogP contribution >= 0.6 is 12.4 Å². The van der Waals surface area contributed by atoms with Crippen molar-refractivity contribution in [2.24, 2.45) is 11.7 Å². The van der Waals surface area contributed by atoms with Crippen molar-refractivity contribution in [2.45, 2.75) is 39.7 Å². The van der Waals surface area contributed by atoms with E-state index in [2.05, 4.69) is 13.0 Å². The molecule has 0 spiro atoms. The lowest BCUT2D eigenvalue weighted by Gasteiger charge is -2.34. The van der Waals surface area contributed by atoms with E-state index >= 15 is 0 Å². The summed E-state index contributed by atoms with van der Waals surface area (Å²) in [6, 6.07) is 10.9. The van der Waals surface area contributed by atoms with E-state index in [9.17, 15) is 9.90 Å². The van der Waals surface area contributed by atoms with Gasteiger partial charge in [0, 0.05) is 12.2 Å². The van der Waals surface area contributed by atoms with Gasteiger partial charge in [0.25, 0.3) is 0 Å². The molecule has 4 nitrogen and oxygen atoms in total. The van der Waals surface area contributed by atoms with E-state index in [-0.39, 0.29) is 24.1 Å². The molecule has 1 aliphatic rings. The molecule has 1 unspecified atom stereocenters. The summed E-state index contributed by atoms with van der Waals surface area (Å²) in [6.45, 7) is 6.75. The first-order valence-electron chi connectivity index (χ1n) is 8.80. The van der Waals surface area contributed by atoms with Crippen molar-refractivity contribution in [3.05, 3.63) is 58.7 Å². The first kappa shape index (κ1) is 20.3. The third kappa shape index (κ3) is 4.02. The fraction of sp³-hybridized carbons (Fsp3) is 0.381. The lowest BCUT2D eigenvalue weighted by molar-refractivity contribution is -0.120. The molecular formula is C21H27ClN2O2. The number of rotatable bonds is 3. The van der Waals surface area contributed by atoms with Crippen LogP contribution in [0.2, 0.25) is 0 Å². The van der Waals surface area contributed by atoms with E-state index in [1.54, 1.807) is 12.1 Å². The molecule has 0 fully saturated rings. The van der Waals surface area contributed by atoms with Crippen LogP contribution in [0.15, 0.2) is 36.4 Å². The second-order valence-corrected chi connectivity index (χ2v) is 7.26. The van der Waals surface area contributed by atoms with Crippen LogP contribution < -0.4 is 10.6 Å². The Labute approximate surface area is 161 Å². The maximum Gasteiger partial charge on any atom is 0.244 e. The van der Waals surface area contributed by atoms with Crippen molar-refractivity contribution in [1.29, 1.82) is 0 Å². The number of phenols is 1. The van der Waals surface area contributed by atoms with Crippen molar-refractivity contribution in [3.8, 4) is 5.75 Å². The summed E-state index contributed by atoms with van der Waals surface area (Å²) in [5.74, 6) is 0.631. The molecule has 2 atom stereocenters. The number of hydrogen-bond acceptors (Lipinski definition) is 3. The lowest BCUT2D eigenvalue weighted by Crippen LogP contribution is -2.48. The highest BCUT2D eigenvalue weighted by atomic mass is 35.5. The van der Waals surface area contributed by atoms with Crippen LogP contribution in [0.1, 0.15) is 29.2 Å². The molecule has 2 aromatic carbocycles. The van der Waals surface area contributed by atoms with Gasteiger partial charge >= 0.3 is 0 Å². The van der Waals surface area contributed by atoms with Crippen molar-refractivity contribution >= 4 is 24.0 Å². The molecule has 0 saturated carbocycles. The van der Waals surface area contributed by atoms with Gasteiger partial charge in [0.05, 0.1) is 6.04 Å². The largest absolute Gasteiger partial charge is 0.508 e.